The van der Waals surface area contributed by atoms with Crippen LogP contribution in [0.4, 0.5) is 4.39 Å². The molecule has 0 fully saturated rings. The molecule has 0 radical (unpaired) electrons. The first-order valence-corrected chi connectivity index (χ1v) is 8.03. The predicted octanol–water partition coefficient (Wildman–Crippen LogP) is 4.93. The number of thiophene rings is 1. The van der Waals surface area contributed by atoms with Crippen LogP contribution in [0.1, 0.15) is 29.8 Å². The summed E-state index contributed by atoms with van der Waals surface area (Å²) in [5.74, 6) is -0.180. The number of hydrogen-bond acceptors (Lipinski definition) is 2. The van der Waals surface area contributed by atoms with E-state index >= 15 is 0 Å². The number of rotatable bonds is 6. The lowest BCUT2D eigenvalue weighted by atomic mass is 10.0. The Morgan fingerprint density at radius 1 is 1.21 bits per heavy atom. The first-order valence-electron chi connectivity index (χ1n) is 6.42. The summed E-state index contributed by atoms with van der Waals surface area (Å²) in [4.78, 5) is 1.31. The second-order valence-corrected chi connectivity index (χ2v) is 6.97. The van der Waals surface area contributed by atoms with Crippen LogP contribution in [0, 0.1) is 5.82 Å². The highest BCUT2D eigenvalue weighted by atomic mass is 79.9. The Labute approximate surface area is 126 Å². The summed E-state index contributed by atoms with van der Waals surface area (Å²) in [6.45, 7) is 3.15. The second-order valence-electron chi connectivity index (χ2n) is 4.48. The standard InChI is InChI=1S/C15H17BrFNS/c1-2-9-18-13(14-7-8-15(16)19-14)10-11-3-5-12(17)6-4-11/h3-8,13,18H,2,9-10H2,1H3. The van der Waals surface area contributed by atoms with E-state index in [9.17, 15) is 4.39 Å². The smallest absolute Gasteiger partial charge is 0.123 e. The van der Waals surface area contributed by atoms with Crippen LogP contribution in [-0.2, 0) is 6.42 Å². The largest absolute Gasteiger partial charge is 0.309 e. The Bertz CT molecular complexity index is 509. The van der Waals surface area contributed by atoms with Crippen molar-refractivity contribution in [2.75, 3.05) is 6.54 Å². The van der Waals surface area contributed by atoms with Gasteiger partial charge in [0, 0.05) is 10.9 Å². The molecule has 1 heterocycles. The average molecular weight is 342 g/mol. The normalized spacial score (nSPS) is 12.6. The average Bonchev–Trinajstić information content (AvgIpc) is 2.83. The number of nitrogens with one attached hydrogen (secondary N) is 1. The fraction of sp³-hybridized carbons (Fsp3) is 0.333. The third kappa shape index (κ3) is 4.41. The molecule has 0 aliphatic rings. The van der Waals surface area contributed by atoms with Crippen molar-refractivity contribution < 1.29 is 4.39 Å². The zero-order valence-electron chi connectivity index (χ0n) is 10.8. The van der Waals surface area contributed by atoms with Gasteiger partial charge in [-0.15, -0.1) is 11.3 Å². The molecule has 1 aromatic carbocycles. The fourth-order valence-electron chi connectivity index (χ4n) is 1.96. The van der Waals surface area contributed by atoms with E-state index in [0.717, 1.165) is 28.7 Å². The fourth-order valence-corrected chi connectivity index (χ4v) is 3.46. The Morgan fingerprint density at radius 2 is 1.95 bits per heavy atom. The lowest BCUT2D eigenvalue weighted by Gasteiger charge is -2.17. The molecular weight excluding hydrogens is 325 g/mol. The van der Waals surface area contributed by atoms with Gasteiger partial charge in [-0.3, -0.25) is 0 Å². The Kier molecular flexibility index (Phi) is 5.55. The highest BCUT2D eigenvalue weighted by molar-refractivity contribution is 9.11. The lowest BCUT2D eigenvalue weighted by molar-refractivity contribution is 0.536. The summed E-state index contributed by atoms with van der Waals surface area (Å²) in [6.07, 6.45) is 1.99. The molecule has 1 aromatic heterocycles. The van der Waals surface area contributed by atoms with Crippen molar-refractivity contribution >= 4 is 27.3 Å². The molecule has 2 aromatic rings. The zero-order valence-corrected chi connectivity index (χ0v) is 13.2. The van der Waals surface area contributed by atoms with Crippen molar-refractivity contribution in [1.82, 2.24) is 5.32 Å². The second kappa shape index (κ2) is 7.17. The quantitative estimate of drug-likeness (QED) is 0.785. The number of hydrogen-bond donors (Lipinski definition) is 1. The first-order chi connectivity index (χ1) is 9.19. The summed E-state index contributed by atoms with van der Waals surface area (Å²) in [5, 5.41) is 3.56. The van der Waals surface area contributed by atoms with Gasteiger partial charge in [0.25, 0.3) is 0 Å². The SMILES string of the molecule is CCCNC(Cc1ccc(F)cc1)c1ccc(Br)s1. The summed E-state index contributed by atoms with van der Waals surface area (Å²) in [5.41, 5.74) is 1.15. The molecule has 0 bridgehead atoms. The van der Waals surface area contributed by atoms with Crippen molar-refractivity contribution in [3.8, 4) is 0 Å². The zero-order chi connectivity index (χ0) is 13.7. The third-order valence-electron chi connectivity index (χ3n) is 2.93. The molecule has 0 saturated heterocycles. The van der Waals surface area contributed by atoms with Crippen LogP contribution in [0.5, 0.6) is 0 Å². The van der Waals surface area contributed by atoms with E-state index in [0.29, 0.717) is 6.04 Å². The topological polar surface area (TPSA) is 12.0 Å². The molecule has 0 aliphatic carbocycles. The minimum absolute atomic E-state index is 0.180. The molecule has 1 atom stereocenters. The highest BCUT2D eigenvalue weighted by Gasteiger charge is 2.13. The van der Waals surface area contributed by atoms with Crippen LogP contribution in [0.3, 0.4) is 0 Å². The molecule has 0 aliphatic heterocycles. The maximum atomic E-state index is 12.9. The predicted molar refractivity (Wildman–Crippen MR) is 83.2 cm³/mol. The maximum absolute atomic E-state index is 12.9. The van der Waals surface area contributed by atoms with Crippen molar-refractivity contribution in [1.29, 1.82) is 0 Å². The monoisotopic (exact) mass is 341 g/mol. The molecule has 0 amide bonds. The van der Waals surface area contributed by atoms with E-state index in [1.54, 1.807) is 11.3 Å². The summed E-state index contributed by atoms with van der Waals surface area (Å²) < 4.78 is 14.1. The Morgan fingerprint density at radius 3 is 2.53 bits per heavy atom. The molecule has 4 heteroatoms. The Hall–Kier alpha value is -0.710. The third-order valence-corrected chi connectivity index (χ3v) is 4.67. The van der Waals surface area contributed by atoms with Gasteiger partial charge in [-0.2, -0.15) is 0 Å². The van der Waals surface area contributed by atoms with Gasteiger partial charge in [0.15, 0.2) is 0 Å². The van der Waals surface area contributed by atoms with Crippen molar-refractivity contribution in [2.45, 2.75) is 25.8 Å². The summed E-state index contributed by atoms with van der Waals surface area (Å²) >= 11 is 5.25. The maximum Gasteiger partial charge on any atom is 0.123 e. The Balaban J connectivity index is 2.11. The van der Waals surface area contributed by atoms with E-state index in [2.05, 4.69) is 40.3 Å². The van der Waals surface area contributed by atoms with E-state index in [1.165, 1.54) is 17.0 Å². The van der Waals surface area contributed by atoms with Gasteiger partial charge in [-0.25, -0.2) is 4.39 Å². The van der Waals surface area contributed by atoms with Gasteiger partial charge in [-0.05, 0) is 65.1 Å². The van der Waals surface area contributed by atoms with Gasteiger partial charge < -0.3 is 5.32 Å². The molecule has 1 unspecified atom stereocenters. The van der Waals surface area contributed by atoms with Crippen molar-refractivity contribution in [2.24, 2.45) is 0 Å². The molecule has 1 N–H and O–H groups in total. The van der Waals surface area contributed by atoms with E-state index in [1.807, 2.05) is 12.1 Å². The van der Waals surface area contributed by atoms with Crippen molar-refractivity contribution in [3.63, 3.8) is 0 Å². The van der Waals surface area contributed by atoms with Gasteiger partial charge >= 0.3 is 0 Å². The molecular formula is C15H17BrFNS. The molecule has 0 spiro atoms. The van der Waals surface area contributed by atoms with Crippen molar-refractivity contribution in [3.05, 3.63) is 56.4 Å². The van der Waals surface area contributed by atoms with Crippen LogP contribution in [0.2, 0.25) is 0 Å². The van der Waals surface area contributed by atoms with Gasteiger partial charge in [0.2, 0.25) is 0 Å². The van der Waals surface area contributed by atoms with E-state index in [-0.39, 0.29) is 5.82 Å². The molecule has 1 nitrogen and oxygen atoms in total. The van der Waals surface area contributed by atoms with Crippen LogP contribution in [0.15, 0.2) is 40.2 Å². The van der Waals surface area contributed by atoms with Crippen LogP contribution in [-0.4, -0.2) is 6.54 Å². The highest BCUT2D eigenvalue weighted by Crippen LogP contribution is 2.29. The first kappa shape index (κ1) is 14.7. The van der Waals surface area contributed by atoms with Crippen LogP contribution < -0.4 is 5.32 Å². The minimum atomic E-state index is -0.180. The lowest BCUT2D eigenvalue weighted by Crippen LogP contribution is -2.23. The molecule has 19 heavy (non-hydrogen) atoms. The summed E-state index contributed by atoms with van der Waals surface area (Å²) in [7, 11) is 0. The van der Waals surface area contributed by atoms with Gasteiger partial charge in [-0.1, -0.05) is 19.1 Å². The molecule has 102 valence electrons. The number of halogens is 2. The van der Waals surface area contributed by atoms with Gasteiger partial charge in [0.05, 0.1) is 3.79 Å². The van der Waals surface area contributed by atoms with Crippen LogP contribution >= 0.6 is 27.3 Å². The summed E-state index contributed by atoms with van der Waals surface area (Å²) in [6, 6.07) is 11.3. The minimum Gasteiger partial charge on any atom is -0.309 e. The van der Waals surface area contributed by atoms with Crippen LogP contribution in [0.25, 0.3) is 0 Å². The number of benzene rings is 1. The van der Waals surface area contributed by atoms with E-state index in [4.69, 9.17) is 0 Å². The van der Waals surface area contributed by atoms with E-state index < -0.39 is 0 Å². The molecule has 2 rings (SSSR count). The molecule has 0 saturated carbocycles. The van der Waals surface area contributed by atoms with Gasteiger partial charge in [0.1, 0.15) is 5.82 Å².